The minimum atomic E-state index is -0.771. The van der Waals surface area contributed by atoms with Crippen molar-refractivity contribution in [2.45, 2.75) is 38.7 Å². The lowest BCUT2D eigenvalue weighted by molar-refractivity contribution is -0.0128. The van der Waals surface area contributed by atoms with Gasteiger partial charge >= 0.3 is 0 Å². The number of ether oxygens (including phenoxy) is 1. The van der Waals surface area contributed by atoms with Gasteiger partial charge in [-0.2, -0.15) is 0 Å². The Labute approximate surface area is 139 Å². The van der Waals surface area contributed by atoms with Gasteiger partial charge in [0, 0.05) is 24.7 Å². The van der Waals surface area contributed by atoms with Crippen LogP contribution < -0.4 is 0 Å². The summed E-state index contributed by atoms with van der Waals surface area (Å²) >= 11 is 5.98. The van der Waals surface area contributed by atoms with E-state index in [2.05, 4.69) is 18.7 Å². The lowest BCUT2D eigenvalue weighted by Crippen LogP contribution is -2.40. The van der Waals surface area contributed by atoms with Gasteiger partial charge in [0.25, 0.3) is 0 Å². The number of aliphatic hydroxyl groups is 1. The van der Waals surface area contributed by atoms with Gasteiger partial charge in [0.05, 0.1) is 18.8 Å². The highest BCUT2D eigenvalue weighted by molar-refractivity contribution is 6.30. The van der Waals surface area contributed by atoms with E-state index in [0.717, 1.165) is 57.7 Å². The molecule has 4 heteroatoms. The molecule has 0 aromatic heterocycles. The fraction of sp³-hybridized carbons (Fsp3) is 0.667. The zero-order chi connectivity index (χ0) is 16.0. The number of hydrogen-bond acceptors (Lipinski definition) is 3. The largest absolute Gasteiger partial charge is 0.385 e. The van der Waals surface area contributed by atoms with E-state index in [-0.39, 0.29) is 0 Å². The summed E-state index contributed by atoms with van der Waals surface area (Å²) in [5.74, 6) is 0.585. The van der Waals surface area contributed by atoms with E-state index >= 15 is 0 Å². The van der Waals surface area contributed by atoms with Gasteiger partial charge in [-0.3, -0.25) is 4.90 Å². The fourth-order valence-corrected chi connectivity index (χ4v) is 3.00. The molecule has 0 aliphatic carbocycles. The lowest BCUT2D eigenvalue weighted by atomic mass is 9.84. The smallest absolute Gasteiger partial charge is 0.0908 e. The second-order valence-corrected chi connectivity index (χ2v) is 7.11. The average Bonchev–Trinajstić information content (AvgIpc) is 2.53. The van der Waals surface area contributed by atoms with Gasteiger partial charge in [-0.15, -0.1) is 0 Å². The van der Waals surface area contributed by atoms with E-state index in [1.807, 2.05) is 24.3 Å². The number of rotatable bonds is 7. The van der Waals surface area contributed by atoms with Crippen molar-refractivity contribution < 1.29 is 9.84 Å². The molecule has 22 heavy (non-hydrogen) atoms. The Kier molecular flexibility index (Phi) is 6.69. The molecule has 3 nitrogen and oxygen atoms in total. The first-order valence-corrected chi connectivity index (χ1v) is 8.66. The molecule has 0 radical (unpaired) electrons. The summed E-state index contributed by atoms with van der Waals surface area (Å²) in [6.45, 7) is 8.81. The Morgan fingerprint density at radius 3 is 2.41 bits per heavy atom. The third-order valence-electron chi connectivity index (χ3n) is 4.46. The molecule has 1 aliphatic heterocycles. The molecule has 1 aromatic rings. The van der Waals surface area contributed by atoms with Gasteiger partial charge in [-0.1, -0.05) is 37.6 Å². The van der Waals surface area contributed by atoms with Crippen LogP contribution in [0.1, 0.15) is 38.7 Å². The highest BCUT2D eigenvalue weighted by Gasteiger charge is 2.30. The zero-order valence-corrected chi connectivity index (χ0v) is 14.5. The highest BCUT2D eigenvalue weighted by atomic mass is 35.5. The van der Waals surface area contributed by atoms with Gasteiger partial charge in [-0.25, -0.2) is 0 Å². The van der Waals surface area contributed by atoms with Crippen LogP contribution in [0.2, 0.25) is 5.02 Å². The van der Waals surface area contributed by atoms with Crippen LogP contribution in [0.4, 0.5) is 0 Å². The first kappa shape index (κ1) is 17.7. The molecule has 1 fully saturated rings. The quantitative estimate of drug-likeness (QED) is 0.830. The van der Waals surface area contributed by atoms with Crippen molar-refractivity contribution in [3.8, 4) is 0 Å². The molecule has 2 rings (SSSR count). The van der Waals surface area contributed by atoms with Crippen molar-refractivity contribution in [1.29, 1.82) is 0 Å². The molecule has 1 N–H and O–H groups in total. The summed E-state index contributed by atoms with van der Waals surface area (Å²) in [5, 5.41) is 12.0. The Morgan fingerprint density at radius 2 is 1.82 bits per heavy atom. The third-order valence-corrected chi connectivity index (χ3v) is 4.71. The van der Waals surface area contributed by atoms with Gasteiger partial charge in [0.1, 0.15) is 0 Å². The Balaban J connectivity index is 2.04. The van der Waals surface area contributed by atoms with Gasteiger partial charge in [0.15, 0.2) is 0 Å². The number of nitrogens with zero attached hydrogens (tertiary/aromatic N) is 1. The van der Waals surface area contributed by atoms with E-state index in [9.17, 15) is 5.11 Å². The van der Waals surface area contributed by atoms with E-state index in [1.54, 1.807) is 0 Å². The Bertz CT molecular complexity index is 443. The normalized spacial score (nSPS) is 19.3. The number of hydrogen-bond donors (Lipinski definition) is 1. The topological polar surface area (TPSA) is 32.7 Å². The van der Waals surface area contributed by atoms with Crippen molar-refractivity contribution >= 4 is 11.6 Å². The molecule has 0 spiro atoms. The SMILES string of the molecule is CC(C)CCC(O)(CCN1CCOCC1)c1ccc(Cl)cc1. The van der Waals surface area contributed by atoms with E-state index < -0.39 is 5.60 Å². The maximum Gasteiger partial charge on any atom is 0.0908 e. The monoisotopic (exact) mass is 325 g/mol. The molecule has 1 unspecified atom stereocenters. The second-order valence-electron chi connectivity index (χ2n) is 6.68. The second kappa shape index (κ2) is 8.30. The predicted molar refractivity (Wildman–Crippen MR) is 91.3 cm³/mol. The van der Waals surface area contributed by atoms with E-state index in [0.29, 0.717) is 10.9 Å². The van der Waals surface area contributed by atoms with Crippen LogP contribution in [-0.4, -0.2) is 42.9 Å². The highest BCUT2D eigenvalue weighted by Crippen LogP contribution is 2.32. The van der Waals surface area contributed by atoms with Gasteiger partial charge in [0.2, 0.25) is 0 Å². The summed E-state index contributed by atoms with van der Waals surface area (Å²) in [4.78, 5) is 2.37. The van der Waals surface area contributed by atoms with Crippen LogP contribution in [0.15, 0.2) is 24.3 Å². The van der Waals surface area contributed by atoms with Crippen molar-refractivity contribution in [2.24, 2.45) is 5.92 Å². The minimum absolute atomic E-state index is 0.585. The fourth-order valence-electron chi connectivity index (χ4n) is 2.87. The maximum atomic E-state index is 11.3. The Hall–Kier alpha value is -0.610. The molecule has 0 bridgehead atoms. The first-order valence-electron chi connectivity index (χ1n) is 8.28. The number of halogens is 1. The first-order chi connectivity index (χ1) is 10.5. The van der Waals surface area contributed by atoms with Crippen LogP contribution >= 0.6 is 11.6 Å². The predicted octanol–water partition coefficient (Wildman–Crippen LogP) is 3.69. The number of morpholine rings is 1. The molecule has 0 saturated carbocycles. The minimum Gasteiger partial charge on any atom is -0.385 e. The molecule has 1 aromatic carbocycles. The number of benzene rings is 1. The molecular weight excluding hydrogens is 298 g/mol. The third kappa shape index (κ3) is 5.24. The van der Waals surface area contributed by atoms with Crippen LogP contribution in [0.5, 0.6) is 0 Å². The molecule has 1 saturated heterocycles. The molecule has 124 valence electrons. The lowest BCUT2D eigenvalue weighted by Gasteiger charge is -2.34. The van der Waals surface area contributed by atoms with Crippen molar-refractivity contribution in [2.75, 3.05) is 32.8 Å². The summed E-state index contributed by atoms with van der Waals surface area (Å²) in [7, 11) is 0. The van der Waals surface area contributed by atoms with Gasteiger partial charge in [-0.05, 0) is 42.9 Å². The van der Waals surface area contributed by atoms with Crippen molar-refractivity contribution in [1.82, 2.24) is 4.90 Å². The van der Waals surface area contributed by atoms with E-state index in [1.165, 1.54) is 0 Å². The van der Waals surface area contributed by atoms with Gasteiger partial charge < -0.3 is 9.84 Å². The average molecular weight is 326 g/mol. The molecule has 1 aliphatic rings. The van der Waals surface area contributed by atoms with Crippen LogP contribution in [0.25, 0.3) is 0 Å². The van der Waals surface area contributed by atoms with E-state index in [4.69, 9.17) is 16.3 Å². The Morgan fingerprint density at radius 1 is 1.18 bits per heavy atom. The van der Waals surface area contributed by atoms with Crippen LogP contribution in [0.3, 0.4) is 0 Å². The van der Waals surface area contributed by atoms with Crippen LogP contribution in [0, 0.1) is 5.92 Å². The van der Waals surface area contributed by atoms with Crippen molar-refractivity contribution in [3.05, 3.63) is 34.9 Å². The molecule has 1 heterocycles. The van der Waals surface area contributed by atoms with Crippen molar-refractivity contribution in [3.63, 3.8) is 0 Å². The zero-order valence-electron chi connectivity index (χ0n) is 13.7. The summed E-state index contributed by atoms with van der Waals surface area (Å²) in [6.07, 6.45) is 2.56. The summed E-state index contributed by atoms with van der Waals surface area (Å²) < 4.78 is 5.39. The molecule has 1 atom stereocenters. The standard InChI is InChI=1S/C18H28ClNO2/c1-15(2)7-8-18(21,16-3-5-17(19)6-4-16)9-10-20-11-13-22-14-12-20/h3-6,15,21H,7-14H2,1-2H3. The molecular formula is C18H28ClNO2. The molecule has 0 amide bonds. The summed E-state index contributed by atoms with van der Waals surface area (Å²) in [6, 6.07) is 7.65. The summed E-state index contributed by atoms with van der Waals surface area (Å²) in [5.41, 5.74) is 0.207. The van der Waals surface area contributed by atoms with Crippen LogP contribution in [-0.2, 0) is 10.3 Å². The maximum absolute atomic E-state index is 11.3.